The monoisotopic (exact) mass is 245 g/mol. The summed E-state index contributed by atoms with van der Waals surface area (Å²) in [4.78, 5) is 31.2. The summed E-state index contributed by atoms with van der Waals surface area (Å²) < 4.78 is 13.1. The third kappa shape index (κ3) is 2.22. The number of nitro groups is 1. The second kappa shape index (κ2) is 4.80. The first-order chi connectivity index (χ1) is 7.51. The van der Waals surface area contributed by atoms with Gasteiger partial charge < -0.3 is 0 Å². The summed E-state index contributed by atoms with van der Waals surface area (Å²) in [7, 11) is 0. The Labute approximate surface area is 94.0 Å². The number of rotatable bonds is 4. The molecule has 0 aliphatic heterocycles. The molecular formula is C9H5ClFNO4. The molecule has 1 aromatic rings. The van der Waals surface area contributed by atoms with Gasteiger partial charge in [-0.3, -0.25) is 19.7 Å². The quantitative estimate of drug-likeness (QED) is 0.267. The molecule has 0 aromatic heterocycles. The van der Waals surface area contributed by atoms with E-state index in [0.29, 0.717) is 12.1 Å². The van der Waals surface area contributed by atoms with Crippen LogP contribution in [0.15, 0.2) is 12.1 Å². The molecule has 0 heterocycles. The summed E-state index contributed by atoms with van der Waals surface area (Å²) in [6.45, 7) is 0. The highest BCUT2D eigenvalue weighted by molar-refractivity contribution is 6.31. The molecule has 5 nitrogen and oxygen atoms in total. The predicted molar refractivity (Wildman–Crippen MR) is 53.5 cm³/mol. The number of Topliss-reactive ketones (excluding diaryl/α,β-unsaturated/α-hetero) is 1. The molecule has 0 spiro atoms. The maximum absolute atomic E-state index is 13.1. The van der Waals surface area contributed by atoms with E-state index >= 15 is 0 Å². The van der Waals surface area contributed by atoms with Crippen molar-refractivity contribution in [2.24, 2.45) is 0 Å². The highest BCUT2D eigenvalue weighted by atomic mass is 35.5. The van der Waals surface area contributed by atoms with E-state index in [4.69, 9.17) is 11.6 Å². The van der Waals surface area contributed by atoms with E-state index in [1.807, 2.05) is 0 Å². The Hall–Kier alpha value is -1.82. The number of nitro benzene ring substituents is 1. The molecule has 84 valence electrons. The molecule has 0 saturated carbocycles. The van der Waals surface area contributed by atoms with Gasteiger partial charge in [0.15, 0.2) is 12.1 Å². The number of hydrogen-bond donors (Lipinski definition) is 0. The maximum atomic E-state index is 13.1. The highest BCUT2D eigenvalue weighted by Gasteiger charge is 2.21. The maximum Gasteiger partial charge on any atom is 0.305 e. The van der Waals surface area contributed by atoms with Gasteiger partial charge in [0.05, 0.1) is 10.8 Å². The van der Waals surface area contributed by atoms with Crippen LogP contribution in [-0.2, 0) is 0 Å². The van der Waals surface area contributed by atoms with Gasteiger partial charge in [-0.15, -0.1) is 11.6 Å². The molecule has 0 bridgehead atoms. The van der Waals surface area contributed by atoms with Gasteiger partial charge >= 0.3 is 5.69 Å². The van der Waals surface area contributed by atoms with E-state index in [-0.39, 0.29) is 17.4 Å². The van der Waals surface area contributed by atoms with Crippen LogP contribution in [0, 0.1) is 15.9 Å². The minimum Gasteiger partial charge on any atom is -0.298 e. The molecule has 0 aliphatic carbocycles. The molecule has 0 saturated heterocycles. The molecule has 0 amide bonds. The van der Waals surface area contributed by atoms with Crippen molar-refractivity contribution < 1.29 is 18.9 Å². The number of carbonyl (C=O) groups excluding carboxylic acids is 2. The van der Waals surface area contributed by atoms with Crippen molar-refractivity contribution in [2.45, 2.75) is 0 Å². The Kier molecular flexibility index (Phi) is 3.68. The summed E-state index contributed by atoms with van der Waals surface area (Å²) in [5, 5.41) is 10.4. The van der Waals surface area contributed by atoms with Gasteiger partial charge in [0.25, 0.3) is 0 Å². The number of ketones is 1. The summed E-state index contributed by atoms with van der Waals surface area (Å²) >= 11 is 5.26. The fraction of sp³-hybridized carbons (Fsp3) is 0.111. The van der Waals surface area contributed by atoms with Crippen LogP contribution in [0.25, 0.3) is 0 Å². The van der Waals surface area contributed by atoms with Gasteiger partial charge in [0, 0.05) is 17.2 Å². The van der Waals surface area contributed by atoms with Crippen molar-refractivity contribution in [3.63, 3.8) is 0 Å². The molecule has 0 fully saturated rings. The van der Waals surface area contributed by atoms with Gasteiger partial charge in [0.1, 0.15) is 0 Å². The molecular weight excluding hydrogens is 241 g/mol. The number of alkyl halides is 1. The largest absolute Gasteiger partial charge is 0.305 e. The van der Waals surface area contributed by atoms with E-state index in [1.54, 1.807) is 0 Å². The number of aldehydes is 1. The van der Waals surface area contributed by atoms with Crippen LogP contribution >= 0.6 is 11.6 Å². The van der Waals surface area contributed by atoms with Crippen LogP contribution in [0.3, 0.4) is 0 Å². The summed E-state index contributed by atoms with van der Waals surface area (Å²) in [5.41, 5.74) is -1.37. The van der Waals surface area contributed by atoms with E-state index < -0.39 is 28.1 Å². The minimum absolute atomic E-state index is 0.243. The average molecular weight is 246 g/mol. The number of hydrogen-bond acceptors (Lipinski definition) is 4. The van der Waals surface area contributed by atoms with E-state index in [2.05, 4.69) is 0 Å². The van der Waals surface area contributed by atoms with Crippen LogP contribution < -0.4 is 0 Å². The zero-order valence-corrected chi connectivity index (χ0v) is 8.53. The van der Waals surface area contributed by atoms with Crippen molar-refractivity contribution in [3.05, 3.63) is 39.2 Å². The standard InChI is InChI=1S/C9H5ClFNO4/c10-3-9(14)6-2-8(12(15)16)7(11)1-5(6)4-13/h1-2,4H,3H2. The molecule has 0 aliphatic rings. The Morgan fingerprint density at radius 2 is 2.19 bits per heavy atom. The fourth-order valence-corrected chi connectivity index (χ4v) is 1.27. The van der Waals surface area contributed by atoms with Crippen LogP contribution in [0.2, 0.25) is 0 Å². The Bertz CT molecular complexity index is 475. The molecule has 7 heteroatoms. The lowest BCUT2D eigenvalue weighted by molar-refractivity contribution is -0.387. The molecule has 0 unspecified atom stereocenters. The number of carbonyl (C=O) groups is 2. The third-order valence-corrected chi connectivity index (χ3v) is 2.11. The van der Waals surface area contributed by atoms with Crippen molar-refractivity contribution in [3.8, 4) is 0 Å². The predicted octanol–water partition coefficient (Wildman–Crippen LogP) is 1.97. The third-order valence-electron chi connectivity index (χ3n) is 1.86. The number of benzene rings is 1. The molecule has 1 rings (SSSR count). The van der Waals surface area contributed by atoms with Gasteiger partial charge in [-0.25, -0.2) is 0 Å². The fourth-order valence-electron chi connectivity index (χ4n) is 1.13. The average Bonchev–Trinajstić information content (AvgIpc) is 2.27. The van der Waals surface area contributed by atoms with E-state index in [1.165, 1.54) is 0 Å². The van der Waals surface area contributed by atoms with Crippen LogP contribution in [0.1, 0.15) is 20.7 Å². The van der Waals surface area contributed by atoms with Gasteiger partial charge in [-0.1, -0.05) is 0 Å². The first-order valence-corrected chi connectivity index (χ1v) is 4.57. The first-order valence-electron chi connectivity index (χ1n) is 4.03. The molecule has 0 radical (unpaired) electrons. The van der Waals surface area contributed by atoms with Crippen LogP contribution in [-0.4, -0.2) is 22.9 Å². The van der Waals surface area contributed by atoms with Crippen LogP contribution in [0.4, 0.5) is 10.1 Å². The van der Waals surface area contributed by atoms with Gasteiger partial charge in [-0.2, -0.15) is 4.39 Å². The Morgan fingerprint density at radius 1 is 1.56 bits per heavy atom. The SMILES string of the molecule is O=Cc1cc(F)c([N+](=O)[O-])cc1C(=O)CCl. The van der Waals surface area contributed by atoms with Gasteiger partial charge in [-0.05, 0) is 6.07 Å². The Balaban J connectivity index is 3.46. The molecule has 0 N–H and O–H groups in total. The zero-order chi connectivity index (χ0) is 12.3. The zero-order valence-electron chi connectivity index (χ0n) is 7.78. The van der Waals surface area contributed by atoms with E-state index in [0.717, 1.165) is 0 Å². The van der Waals surface area contributed by atoms with Crippen LogP contribution in [0.5, 0.6) is 0 Å². The molecule has 16 heavy (non-hydrogen) atoms. The van der Waals surface area contributed by atoms with Crippen molar-refractivity contribution in [2.75, 3.05) is 5.88 Å². The number of halogens is 2. The molecule has 0 atom stereocenters. The summed E-state index contributed by atoms with van der Waals surface area (Å²) in [6.07, 6.45) is 0.243. The van der Waals surface area contributed by atoms with Crippen molar-refractivity contribution in [1.29, 1.82) is 0 Å². The second-order valence-electron chi connectivity index (χ2n) is 2.82. The second-order valence-corrected chi connectivity index (χ2v) is 3.09. The lowest BCUT2D eigenvalue weighted by atomic mass is 10.0. The lowest BCUT2D eigenvalue weighted by Gasteiger charge is -2.02. The lowest BCUT2D eigenvalue weighted by Crippen LogP contribution is -2.07. The van der Waals surface area contributed by atoms with E-state index in [9.17, 15) is 24.1 Å². The van der Waals surface area contributed by atoms with Crippen molar-refractivity contribution >= 4 is 29.4 Å². The first kappa shape index (κ1) is 12.3. The van der Waals surface area contributed by atoms with Crippen molar-refractivity contribution in [1.82, 2.24) is 0 Å². The molecule has 1 aromatic carbocycles. The van der Waals surface area contributed by atoms with Gasteiger partial charge in [0.2, 0.25) is 5.82 Å². The normalized spacial score (nSPS) is 9.88. The summed E-state index contributed by atoms with van der Waals surface area (Å²) in [5.74, 6) is -2.28. The number of nitrogens with zero attached hydrogens (tertiary/aromatic N) is 1. The topological polar surface area (TPSA) is 77.3 Å². The Morgan fingerprint density at radius 3 is 2.62 bits per heavy atom. The highest BCUT2D eigenvalue weighted by Crippen LogP contribution is 2.22. The smallest absolute Gasteiger partial charge is 0.298 e. The minimum atomic E-state index is -1.17. The summed E-state index contributed by atoms with van der Waals surface area (Å²) in [6, 6.07) is 1.36.